The first-order chi connectivity index (χ1) is 13.3. The highest BCUT2D eigenvalue weighted by Crippen LogP contribution is 2.47. The maximum absolute atomic E-state index is 12.5. The van der Waals surface area contributed by atoms with Crippen LogP contribution in [0.25, 0.3) is 10.6 Å². The van der Waals surface area contributed by atoms with Crippen LogP contribution in [0.3, 0.4) is 0 Å². The molecule has 3 aromatic heterocycles. The predicted molar refractivity (Wildman–Crippen MR) is 98.3 cm³/mol. The fourth-order valence-electron chi connectivity index (χ4n) is 3.90. The van der Waals surface area contributed by atoms with E-state index in [4.69, 9.17) is 9.15 Å². The number of carbonyl (C=O) groups is 1. The lowest BCUT2D eigenvalue weighted by molar-refractivity contribution is -0.0906. The third-order valence-corrected chi connectivity index (χ3v) is 6.68. The largest absolute Gasteiger partial charge is 0.451 e. The van der Waals surface area contributed by atoms with Crippen LogP contribution >= 0.6 is 11.3 Å². The number of oxazole rings is 1. The van der Waals surface area contributed by atoms with E-state index >= 15 is 0 Å². The molecule has 5 rings (SSSR count). The molecule has 2 aliphatic heterocycles. The van der Waals surface area contributed by atoms with Gasteiger partial charge in [0.05, 0.1) is 23.4 Å². The SMILES string of the molecule is O=C(c1cocn1)N1CCC2(CC1)OCCc1cc(-c3cnccn3)sc12. The van der Waals surface area contributed by atoms with E-state index in [0.29, 0.717) is 25.4 Å². The molecule has 0 aliphatic carbocycles. The summed E-state index contributed by atoms with van der Waals surface area (Å²) in [4.78, 5) is 29.3. The number of rotatable bonds is 2. The first-order valence-corrected chi connectivity index (χ1v) is 9.78. The number of hydrogen-bond acceptors (Lipinski definition) is 7. The molecule has 0 bridgehead atoms. The van der Waals surface area contributed by atoms with Crippen molar-refractivity contribution in [3.8, 4) is 10.6 Å². The zero-order valence-electron chi connectivity index (χ0n) is 14.6. The summed E-state index contributed by atoms with van der Waals surface area (Å²) in [5.74, 6) is -0.0824. The molecule has 1 amide bonds. The summed E-state index contributed by atoms with van der Waals surface area (Å²) in [6.07, 6.45) is 10.4. The van der Waals surface area contributed by atoms with E-state index in [1.165, 1.54) is 23.1 Å². The maximum Gasteiger partial charge on any atom is 0.275 e. The quantitative estimate of drug-likeness (QED) is 0.678. The fraction of sp³-hybridized carbons (Fsp3) is 0.368. The number of fused-ring (bicyclic) bond motifs is 2. The molecule has 0 aromatic carbocycles. The molecule has 138 valence electrons. The molecule has 5 heterocycles. The Bertz CT molecular complexity index is 947. The third kappa shape index (κ3) is 2.85. The Hall–Kier alpha value is -2.58. The van der Waals surface area contributed by atoms with Crippen LogP contribution in [0.15, 0.2) is 41.7 Å². The molecule has 2 aliphatic rings. The van der Waals surface area contributed by atoms with E-state index in [2.05, 4.69) is 21.0 Å². The highest BCUT2D eigenvalue weighted by atomic mass is 32.1. The lowest BCUT2D eigenvalue weighted by Gasteiger charge is -2.43. The zero-order chi connectivity index (χ0) is 18.3. The van der Waals surface area contributed by atoms with Crippen molar-refractivity contribution in [2.24, 2.45) is 0 Å². The van der Waals surface area contributed by atoms with Crippen LogP contribution in [0, 0.1) is 0 Å². The van der Waals surface area contributed by atoms with Crippen molar-refractivity contribution < 1.29 is 13.9 Å². The van der Waals surface area contributed by atoms with E-state index < -0.39 is 0 Å². The van der Waals surface area contributed by atoms with Crippen LogP contribution in [0.1, 0.15) is 33.8 Å². The van der Waals surface area contributed by atoms with Gasteiger partial charge in [0.1, 0.15) is 11.9 Å². The Morgan fingerprint density at radius 1 is 1.22 bits per heavy atom. The second-order valence-electron chi connectivity index (χ2n) is 6.81. The predicted octanol–water partition coefficient (Wildman–Crippen LogP) is 2.90. The van der Waals surface area contributed by atoms with Crippen LogP contribution in [-0.4, -0.2) is 45.5 Å². The standard InChI is InChI=1S/C19H18N4O3S/c24-18(15-11-25-12-22-15)23-6-2-19(3-7-23)17-13(1-8-26-19)9-16(27-17)14-10-20-4-5-21-14/h4-5,9-12H,1-3,6-8H2. The number of aromatic nitrogens is 3. The summed E-state index contributed by atoms with van der Waals surface area (Å²) in [6.45, 7) is 1.99. The Morgan fingerprint density at radius 2 is 2.11 bits per heavy atom. The minimum absolute atomic E-state index is 0.0824. The first-order valence-electron chi connectivity index (χ1n) is 8.96. The molecule has 0 N–H and O–H groups in total. The Morgan fingerprint density at radius 3 is 2.85 bits per heavy atom. The molecular weight excluding hydrogens is 364 g/mol. The van der Waals surface area contributed by atoms with Crippen molar-refractivity contribution in [2.75, 3.05) is 19.7 Å². The maximum atomic E-state index is 12.5. The van der Waals surface area contributed by atoms with Crippen LogP contribution < -0.4 is 0 Å². The summed E-state index contributed by atoms with van der Waals surface area (Å²) in [7, 11) is 0. The summed E-state index contributed by atoms with van der Waals surface area (Å²) in [5.41, 5.74) is 2.28. The normalized spacial score (nSPS) is 18.4. The molecule has 0 radical (unpaired) electrons. The molecule has 1 fully saturated rings. The Labute approximate surface area is 160 Å². The molecule has 1 saturated heterocycles. The Balaban J connectivity index is 1.40. The minimum Gasteiger partial charge on any atom is -0.451 e. The van der Waals surface area contributed by atoms with Crippen molar-refractivity contribution in [3.05, 3.63) is 53.4 Å². The van der Waals surface area contributed by atoms with Gasteiger partial charge in [-0.2, -0.15) is 0 Å². The summed E-state index contributed by atoms with van der Waals surface area (Å²) in [5, 5.41) is 0. The summed E-state index contributed by atoms with van der Waals surface area (Å²) in [6, 6.07) is 2.22. The number of nitrogens with zero attached hydrogens (tertiary/aromatic N) is 4. The van der Waals surface area contributed by atoms with Gasteiger partial charge in [0, 0.05) is 30.4 Å². The molecule has 3 aromatic rings. The van der Waals surface area contributed by atoms with E-state index in [1.54, 1.807) is 29.9 Å². The van der Waals surface area contributed by atoms with Crippen molar-refractivity contribution >= 4 is 17.2 Å². The van der Waals surface area contributed by atoms with Crippen LogP contribution in [0.4, 0.5) is 0 Å². The third-order valence-electron chi connectivity index (χ3n) is 5.30. The highest BCUT2D eigenvalue weighted by Gasteiger charge is 2.43. The zero-order valence-corrected chi connectivity index (χ0v) is 15.4. The molecule has 1 spiro atoms. The Kier molecular flexibility index (Phi) is 4.02. The van der Waals surface area contributed by atoms with E-state index in [1.807, 2.05) is 4.90 Å². The molecule has 0 saturated carbocycles. The van der Waals surface area contributed by atoms with Crippen molar-refractivity contribution in [3.63, 3.8) is 0 Å². The van der Waals surface area contributed by atoms with Gasteiger partial charge in [0.2, 0.25) is 0 Å². The fourth-order valence-corrected chi connectivity index (χ4v) is 5.27. The summed E-state index contributed by atoms with van der Waals surface area (Å²) >= 11 is 1.74. The number of likely N-dealkylation sites (tertiary alicyclic amines) is 1. The van der Waals surface area contributed by atoms with E-state index in [9.17, 15) is 4.79 Å². The lowest BCUT2D eigenvalue weighted by atomic mass is 9.85. The molecule has 27 heavy (non-hydrogen) atoms. The number of piperidine rings is 1. The lowest BCUT2D eigenvalue weighted by Crippen LogP contribution is -2.47. The van der Waals surface area contributed by atoms with Gasteiger partial charge in [-0.3, -0.25) is 14.8 Å². The molecule has 7 nitrogen and oxygen atoms in total. The molecule has 0 unspecified atom stereocenters. The van der Waals surface area contributed by atoms with Crippen molar-refractivity contribution in [2.45, 2.75) is 24.9 Å². The van der Waals surface area contributed by atoms with Gasteiger partial charge in [-0.05, 0) is 30.9 Å². The number of ether oxygens (including phenoxy) is 1. The van der Waals surface area contributed by atoms with Gasteiger partial charge >= 0.3 is 0 Å². The number of amides is 1. The van der Waals surface area contributed by atoms with Crippen molar-refractivity contribution in [1.29, 1.82) is 0 Å². The van der Waals surface area contributed by atoms with E-state index in [-0.39, 0.29) is 11.5 Å². The highest BCUT2D eigenvalue weighted by molar-refractivity contribution is 7.15. The molecule has 8 heteroatoms. The van der Waals surface area contributed by atoms with Gasteiger partial charge in [-0.25, -0.2) is 4.98 Å². The number of carbonyl (C=O) groups excluding carboxylic acids is 1. The van der Waals surface area contributed by atoms with Crippen LogP contribution in [-0.2, 0) is 16.8 Å². The van der Waals surface area contributed by atoms with Gasteiger partial charge in [-0.1, -0.05) is 0 Å². The van der Waals surface area contributed by atoms with Gasteiger partial charge in [0.15, 0.2) is 12.1 Å². The smallest absolute Gasteiger partial charge is 0.275 e. The number of hydrogen-bond donors (Lipinski definition) is 0. The second kappa shape index (κ2) is 6.54. The van der Waals surface area contributed by atoms with Crippen LogP contribution in [0.5, 0.6) is 0 Å². The molecule has 0 atom stereocenters. The summed E-state index contributed by atoms with van der Waals surface area (Å²) < 4.78 is 11.2. The van der Waals surface area contributed by atoms with Crippen LogP contribution in [0.2, 0.25) is 0 Å². The minimum atomic E-state index is -0.306. The second-order valence-corrected chi connectivity index (χ2v) is 7.87. The number of thiophene rings is 1. The monoisotopic (exact) mass is 382 g/mol. The average Bonchev–Trinajstić information content (AvgIpc) is 3.40. The average molecular weight is 382 g/mol. The van der Waals surface area contributed by atoms with Gasteiger partial charge in [0.25, 0.3) is 5.91 Å². The van der Waals surface area contributed by atoms with E-state index in [0.717, 1.165) is 29.8 Å². The molecular formula is C19H18N4O3S. The first kappa shape index (κ1) is 16.6. The van der Waals surface area contributed by atoms with Crippen molar-refractivity contribution in [1.82, 2.24) is 19.9 Å². The van der Waals surface area contributed by atoms with Gasteiger partial charge < -0.3 is 14.1 Å². The van der Waals surface area contributed by atoms with Gasteiger partial charge in [-0.15, -0.1) is 11.3 Å². The topological polar surface area (TPSA) is 81.4 Å².